The predicted octanol–water partition coefficient (Wildman–Crippen LogP) is 6.91. The van der Waals surface area contributed by atoms with Crippen LogP contribution in [0.5, 0.6) is 0 Å². The molecule has 1 aliphatic rings. The van der Waals surface area contributed by atoms with E-state index < -0.39 is 0 Å². The molecule has 2 aromatic heterocycles. The molecule has 2 aromatic carbocycles. The number of benzene rings is 2. The zero-order valence-electron chi connectivity index (χ0n) is 19.2. The molecule has 4 nitrogen and oxygen atoms in total. The summed E-state index contributed by atoms with van der Waals surface area (Å²) in [6, 6.07) is 9.72. The average molecular weight is 475 g/mol. The zero-order chi connectivity index (χ0) is 23.6. The number of allylic oxidation sites excluding steroid dienone is 1. The van der Waals surface area contributed by atoms with Gasteiger partial charge in [0, 0.05) is 33.6 Å². The predicted molar refractivity (Wildman–Crippen MR) is 136 cm³/mol. The standard InChI is InChI=1S/C27H23ClN2O2S/c1-6-16-9-18-19(12-21(16)28)25(32)20(24(18)31)10-17-11-22-27(33-17)29-26(30(22)5)23-14(3)7-13(2)8-15(23)4/h7-12H,6H2,1-5H3/b20-10-. The van der Waals surface area contributed by atoms with E-state index in [0.29, 0.717) is 22.6 Å². The number of halogens is 1. The first-order chi connectivity index (χ1) is 15.7. The van der Waals surface area contributed by atoms with E-state index in [9.17, 15) is 9.59 Å². The minimum Gasteiger partial charge on any atom is -0.326 e. The summed E-state index contributed by atoms with van der Waals surface area (Å²) in [5.74, 6) is 0.419. The number of carbonyl (C=O) groups is 2. The van der Waals surface area contributed by atoms with Gasteiger partial charge < -0.3 is 4.57 Å². The fourth-order valence-corrected chi connectivity index (χ4v) is 6.05. The van der Waals surface area contributed by atoms with Crippen molar-refractivity contribution in [3.63, 3.8) is 0 Å². The normalized spacial score (nSPS) is 14.7. The third-order valence-corrected chi connectivity index (χ3v) is 7.65. The van der Waals surface area contributed by atoms with Crippen LogP contribution in [0.4, 0.5) is 0 Å². The topological polar surface area (TPSA) is 52.0 Å². The van der Waals surface area contributed by atoms with E-state index in [1.165, 1.54) is 28.0 Å². The summed E-state index contributed by atoms with van der Waals surface area (Å²) in [6.45, 7) is 8.30. The molecule has 5 rings (SSSR count). The van der Waals surface area contributed by atoms with Gasteiger partial charge in [-0.15, -0.1) is 11.3 Å². The van der Waals surface area contributed by atoms with E-state index in [4.69, 9.17) is 16.6 Å². The lowest BCUT2D eigenvalue weighted by Crippen LogP contribution is -2.00. The third-order valence-electron chi connectivity index (χ3n) is 6.33. The summed E-state index contributed by atoms with van der Waals surface area (Å²) >= 11 is 7.77. The molecule has 0 saturated heterocycles. The van der Waals surface area contributed by atoms with E-state index in [2.05, 4.69) is 37.5 Å². The molecule has 0 spiro atoms. The highest BCUT2D eigenvalue weighted by Crippen LogP contribution is 2.36. The Kier molecular flexibility index (Phi) is 5.15. The summed E-state index contributed by atoms with van der Waals surface area (Å²) in [5.41, 5.74) is 7.64. The van der Waals surface area contributed by atoms with Crippen LogP contribution in [0.1, 0.15) is 54.8 Å². The molecule has 0 saturated carbocycles. The van der Waals surface area contributed by atoms with Crippen molar-refractivity contribution in [3.8, 4) is 11.4 Å². The van der Waals surface area contributed by atoms with Crippen LogP contribution in [0.3, 0.4) is 0 Å². The summed E-state index contributed by atoms with van der Waals surface area (Å²) in [7, 11) is 2.00. The van der Waals surface area contributed by atoms with Crippen LogP contribution in [-0.2, 0) is 13.5 Å². The Labute approximate surface area is 201 Å². The number of hydrogen-bond acceptors (Lipinski definition) is 4. The molecule has 0 aliphatic heterocycles. The molecule has 0 amide bonds. The van der Waals surface area contributed by atoms with Gasteiger partial charge in [-0.05, 0) is 68.2 Å². The van der Waals surface area contributed by atoms with Gasteiger partial charge >= 0.3 is 0 Å². The average Bonchev–Trinajstić information content (AvgIpc) is 3.35. The Hall–Kier alpha value is -3.02. The largest absolute Gasteiger partial charge is 0.326 e. The van der Waals surface area contributed by atoms with Gasteiger partial charge in [-0.3, -0.25) is 9.59 Å². The van der Waals surface area contributed by atoms with Crippen molar-refractivity contribution in [3.05, 3.63) is 79.2 Å². The minimum absolute atomic E-state index is 0.186. The summed E-state index contributed by atoms with van der Waals surface area (Å²) in [4.78, 5) is 32.6. The lowest BCUT2D eigenvalue weighted by molar-refractivity contribution is 0.0990. The second kappa shape index (κ2) is 7.79. The highest BCUT2D eigenvalue weighted by atomic mass is 35.5. The van der Waals surface area contributed by atoms with Crippen LogP contribution >= 0.6 is 22.9 Å². The number of Topliss-reactive ketones (excluding diaryl/α,β-unsaturated/α-hetero) is 2. The van der Waals surface area contributed by atoms with Crippen molar-refractivity contribution in [2.24, 2.45) is 7.05 Å². The molecule has 166 valence electrons. The second-order valence-corrected chi connectivity index (χ2v) is 10.1. The van der Waals surface area contributed by atoms with E-state index in [1.807, 2.05) is 20.0 Å². The Morgan fingerprint density at radius 2 is 1.64 bits per heavy atom. The number of ketones is 2. The summed E-state index contributed by atoms with van der Waals surface area (Å²) in [6.07, 6.45) is 2.40. The van der Waals surface area contributed by atoms with Gasteiger partial charge in [0.2, 0.25) is 0 Å². The quantitative estimate of drug-likeness (QED) is 0.239. The van der Waals surface area contributed by atoms with Gasteiger partial charge in [-0.2, -0.15) is 0 Å². The lowest BCUT2D eigenvalue weighted by atomic mass is 9.99. The maximum atomic E-state index is 13.0. The van der Waals surface area contributed by atoms with Crippen LogP contribution in [0.2, 0.25) is 5.02 Å². The second-order valence-electron chi connectivity index (χ2n) is 8.67. The molecular formula is C27H23ClN2O2S. The van der Waals surface area contributed by atoms with Crippen molar-refractivity contribution < 1.29 is 9.59 Å². The number of hydrogen-bond donors (Lipinski definition) is 0. The van der Waals surface area contributed by atoms with Crippen LogP contribution in [0.25, 0.3) is 27.8 Å². The lowest BCUT2D eigenvalue weighted by Gasteiger charge is -2.11. The molecular weight excluding hydrogens is 452 g/mol. The van der Waals surface area contributed by atoms with Gasteiger partial charge in [-0.25, -0.2) is 4.98 Å². The van der Waals surface area contributed by atoms with E-state index in [-0.39, 0.29) is 17.1 Å². The number of carbonyl (C=O) groups excluding carboxylic acids is 2. The molecule has 0 radical (unpaired) electrons. The van der Waals surface area contributed by atoms with Crippen molar-refractivity contribution >= 4 is 50.9 Å². The first-order valence-electron chi connectivity index (χ1n) is 10.9. The van der Waals surface area contributed by atoms with Crippen molar-refractivity contribution in [1.29, 1.82) is 0 Å². The molecule has 4 aromatic rings. The Morgan fingerprint density at radius 1 is 1.00 bits per heavy atom. The molecule has 0 fully saturated rings. The summed E-state index contributed by atoms with van der Waals surface area (Å²) < 4.78 is 2.08. The highest BCUT2D eigenvalue weighted by Gasteiger charge is 2.34. The van der Waals surface area contributed by atoms with Gasteiger partial charge in [0.25, 0.3) is 0 Å². The van der Waals surface area contributed by atoms with Crippen molar-refractivity contribution in [1.82, 2.24) is 9.55 Å². The van der Waals surface area contributed by atoms with Crippen molar-refractivity contribution in [2.75, 3.05) is 0 Å². The van der Waals surface area contributed by atoms with Gasteiger partial charge in [0.1, 0.15) is 10.7 Å². The molecule has 6 heteroatoms. The molecule has 33 heavy (non-hydrogen) atoms. The van der Waals surface area contributed by atoms with Crippen molar-refractivity contribution in [2.45, 2.75) is 34.1 Å². The summed E-state index contributed by atoms with van der Waals surface area (Å²) in [5, 5.41) is 0.527. The third kappa shape index (κ3) is 3.38. The fraction of sp³-hybridized carbons (Fsp3) is 0.222. The molecule has 0 N–H and O–H groups in total. The number of rotatable bonds is 3. The smallest absolute Gasteiger partial charge is 0.197 e. The Balaban J connectivity index is 1.56. The maximum Gasteiger partial charge on any atom is 0.197 e. The number of fused-ring (bicyclic) bond motifs is 2. The number of thiophene rings is 1. The van der Waals surface area contributed by atoms with Gasteiger partial charge in [0.05, 0.1) is 11.1 Å². The fourth-order valence-electron chi connectivity index (χ4n) is 4.75. The number of aryl methyl sites for hydroxylation is 5. The molecule has 0 unspecified atom stereocenters. The number of imidazole rings is 1. The van der Waals surface area contributed by atoms with Crippen LogP contribution in [-0.4, -0.2) is 21.1 Å². The van der Waals surface area contributed by atoms with Crippen LogP contribution in [0.15, 0.2) is 35.9 Å². The first-order valence-corrected chi connectivity index (χ1v) is 12.1. The Bertz CT molecular complexity index is 1510. The van der Waals surface area contributed by atoms with E-state index in [0.717, 1.165) is 32.2 Å². The molecule has 2 heterocycles. The molecule has 1 aliphatic carbocycles. The van der Waals surface area contributed by atoms with Crippen LogP contribution in [0, 0.1) is 20.8 Å². The number of aromatic nitrogens is 2. The monoisotopic (exact) mass is 474 g/mol. The van der Waals surface area contributed by atoms with E-state index in [1.54, 1.807) is 18.2 Å². The van der Waals surface area contributed by atoms with Crippen LogP contribution < -0.4 is 0 Å². The minimum atomic E-state index is -0.267. The zero-order valence-corrected chi connectivity index (χ0v) is 20.7. The molecule has 0 bridgehead atoms. The van der Waals surface area contributed by atoms with Gasteiger partial charge in [-0.1, -0.05) is 36.2 Å². The highest BCUT2D eigenvalue weighted by molar-refractivity contribution is 7.19. The van der Waals surface area contributed by atoms with Gasteiger partial charge in [0.15, 0.2) is 11.6 Å². The molecule has 0 atom stereocenters. The first kappa shape index (κ1) is 21.8. The Morgan fingerprint density at radius 3 is 2.24 bits per heavy atom. The SMILES string of the molecule is CCc1cc2c(cc1Cl)C(=O)/C(=C\c1cc3c(nc(-c4c(C)cc(C)cc4C)n3C)s1)C2=O. The van der Waals surface area contributed by atoms with E-state index >= 15 is 0 Å². The number of nitrogens with zero attached hydrogens (tertiary/aromatic N) is 2. The maximum absolute atomic E-state index is 13.0.